The van der Waals surface area contributed by atoms with E-state index in [0.717, 1.165) is 6.92 Å². The zero-order valence-electron chi connectivity index (χ0n) is 11.2. The fourth-order valence-electron chi connectivity index (χ4n) is 1.30. The number of rotatable bonds is 6. The Balaban J connectivity index is 5.98. The lowest BCUT2D eigenvalue weighted by molar-refractivity contribution is -0.360. The van der Waals surface area contributed by atoms with Crippen molar-refractivity contribution in [3.05, 3.63) is 0 Å². The summed E-state index contributed by atoms with van der Waals surface area (Å²) >= 11 is 0. The van der Waals surface area contributed by atoms with Gasteiger partial charge in [0.25, 0.3) is 5.55 Å². The van der Waals surface area contributed by atoms with E-state index in [4.69, 9.17) is 0 Å². The molecule has 0 spiro atoms. The van der Waals surface area contributed by atoms with Crippen LogP contribution < -0.4 is 0 Å². The van der Waals surface area contributed by atoms with E-state index in [2.05, 4.69) is 0 Å². The summed E-state index contributed by atoms with van der Waals surface area (Å²) in [4.78, 5) is 0. The van der Waals surface area contributed by atoms with E-state index in [1.54, 1.807) is 0 Å². The predicted octanol–water partition coefficient (Wildman–Crippen LogP) is 5.15. The number of halogens is 9. The zero-order chi connectivity index (χ0) is 16.8. The molecule has 0 amide bonds. The molecule has 0 aliphatic rings. The van der Waals surface area contributed by atoms with Gasteiger partial charge in [-0.15, -0.1) is 0 Å². The topological polar surface area (TPSA) is 0 Å². The summed E-state index contributed by atoms with van der Waals surface area (Å²) < 4.78 is 119. The Morgan fingerprint density at radius 3 is 1.45 bits per heavy atom. The third-order valence-electron chi connectivity index (χ3n) is 3.44. The third kappa shape index (κ3) is 2.43. The molecule has 1 unspecified atom stereocenters. The molecular formula is C10H15F9Si. The molecule has 0 nitrogen and oxygen atoms in total. The van der Waals surface area contributed by atoms with Crippen LogP contribution in [-0.2, 0) is 0 Å². The molecule has 0 saturated heterocycles. The monoisotopic (exact) mass is 334 g/mol. The Morgan fingerprint density at radius 2 is 1.20 bits per heavy atom. The van der Waals surface area contributed by atoms with Gasteiger partial charge in [-0.05, 0) is 6.92 Å². The van der Waals surface area contributed by atoms with Gasteiger partial charge >= 0.3 is 17.8 Å². The normalized spacial score (nSPS) is 17.2. The minimum Gasteiger partial charge on any atom is -0.241 e. The van der Waals surface area contributed by atoms with Crippen LogP contribution in [0.3, 0.4) is 0 Å². The van der Waals surface area contributed by atoms with Gasteiger partial charge in [-0.2, -0.15) is 26.3 Å². The molecule has 0 aromatic rings. The Hall–Kier alpha value is -0.413. The van der Waals surface area contributed by atoms with Crippen LogP contribution in [0.4, 0.5) is 39.5 Å². The molecule has 20 heavy (non-hydrogen) atoms. The average molecular weight is 334 g/mol. The van der Waals surface area contributed by atoms with Gasteiger partial charge in [0.1, 0.15) is 8.07 Å². The van der Waals surface area contributed by atoms with Gasteiger partial charge < -0.3 is 0 Å². The van der Waals surface area contributed by atoms with Crippen molar-refractivity contribution >= 4 is 8.07 Å². The Morgan fingerprint density at radius 1 is 0.850 bits per heavy atom. The van der Waals surface area contributed by atoms with Gasteiger partial charge in [0.05, 0.1) is 0 Å². The second-order valence-electron chi connectivity index (χ2n) is 5.20. The summed E-state index contributed by atoms with van der Waals surface area (Å²) in [7, 11) is -4.28. The van der Waals surface area contributed by atoms with Crippen molar-refractivity contribution in [1.29, 1.82) is 0 Å². The van der Waals surface area contributed by atoms with E-state index in [1.807, 2.05) is 0 Å². The minimum absolute atomic E-state index is 0.0927. The smallest absolute Gasteiger partial charge is 0.241 e. The van der Waals surface area contributed by atoms with Crippen molar-refractivity contribution in [1.82, 2.24) is 0 Å². The van der Waals surface area contributed by atoms with Crippen molar-refractivity contribution < 1.29 is 39.5 Å². The van der Waals surface area contributed by atoms with E-state index < -0.39 is 43.6 Å². The summed E-state index contributed by atoms with van der Waals surface area (Å²) in [6.45, 7) is 2.33. The molecule has 0 aromatic carbocycles. The van der Waals surface area contributed by atoms with Crippen molar-refractivity contribution in [3.63, 3.8) is 0 Å². The maximum atomic E-state index is 13.6. The first kappa shape index (κ1) is 19.6. The first-order chi connectivity index (χ1) is 8.50. The van der Waals surface area contributed by atoms with E-state index in [1.165, 1.54) is 0 Å². The lowest BCUT2D eigenvalue weighted by Gasteiger charge is -2.42. The first-order valence-corrected chi connectivity index (χ1v) is 8.86. The highest BCUT2D eigenvalue weighted by atomic mass is 28.3. The molecule has 10 heteroatoms. The Bertz CT molecular complexity index is 349. The number of alkyl halides is 9. The average Bonchev–Trinajstić information content (AvgIpc) is 2.27. The summed E-state index contributed by atoms with van der Waals surface area (Å²) in [5.74, 6) is -18.8. The fraction of sp³-hybridized carbons (Fsp3) is 1.00. The Labute approximate surface area is 111 Å². The molecule has 0 heterocycles. The number of hydrogen-bond donors (Lipinski definition) is 0. The molecule has 0 fully saturated rings. The highest BCUT2D eigenvalue weighted by Gasteiger charge is 2.83. The molecule has 0 aliphatic heterocycles. The molecule has 0 N–H and O–H groups in total. The van der Waals surface area contributed by atoms with Gasteiger partial charge in [0, 0.05) is 0 Å². The predicted molar refractivity (Wildman–Crippen MR) is 58.3 cm³/mol. The lowest BCUT2D eigenvalue weighted by Crippen LogP contribution is -2.70. The van der Waals surface area contributed by atoms with Crippen molar-refractivity contribution in [2.75, 3.05) is 0 Å². The minimum atomic E-state index is -6.50. The van der Waals surface area contributed by atoms with Crippen molar-refractivity contribution in [2.45, 2.75) is 62.5 Å². The highest BCUT2D eigenvalue weighted by Crippen LogP contribution is 2.56. The van der Waals surface area contributed by atoms with Crippen LogP contribution in [0.5, 0.6) is 0 Å². The molecule has 1 atom stereocenters. The van der Waals surface area contributed by atoms with Gasteiger partial charge in [-0.1, -0.05) is 26.1 Å². The zero-order valence-corrected chi connectivity index (χ0v) is 12.2. The van der Waals surface area contributed by atoms with E-state index in [-0.39, 0.29) is 6.92 Å². The molecular weight excluding hydrogens is 319 g/mol. The highest BCUT2D eigenvalue weighted by molar-refractivity contribution is 6.79. The second kappa shape index (κ2) is 5.10. The van der Waals surface area contributed by atoms with Crippen LogP contribution in [0.15, 0.2) is 0 Å². The Kier molecular flexibility index (Phi) is 4.99. The standard InChI is InChI=1S/C10H15F9Si/c1-5-20(3,4)10(18,19)9(16,17)8(14,15)7(12,13)6(2)11/h6H,5H2,1-4H3. The number of hydrogen-bond acceptors (Lipinski definition) is 0. The molecule has 0 aliphatic carbocycles. The summed E-state index contributed by atoms with van der Waals surface area (Å²) in [6, 6.07) is -0.539. The van der Waals surface area contributed by atoms with Crippen molar-refractivity contribution in [2.24, 2.45) is 0 Å². The summed E-state index contributed by atoms with van der Waals surface area (Å²) in [6.07, 6.45) is -3.70. The quantitative estimate of drug-likeness (QED) is 0.465. The largest absolute Gasteiger partial charge is 0.380 e. The van der Waals surface area contributed by atoms with Crippen LogP contribution >= 0.6 is 0 Å². The fourth-order valence-corrected chi connectivity index (χ4v) is 2.75. The maximum Gasteiger partial charge on any atom is 0.380 e. The summed E-state index contributed by atoms with van der Waals surface area (Å²) in [5.41, 5.74) is -5.32. The third-order valence-corrected chi connectivity index (χ3v) is 7.22. The van der Waals surface area contributed by atoms with E-state index in [0.29, 0.717) is 13.1 Å². The maximum absolute atomic E-state index is 13.6. The van der Waals surface area contributed by atoms with Crippen LogP contribution in [-0.4, -0.2) is 37.6 Å². The summed E-state index contributed by atoms with van der Waals surface area (Å²) in [5, 5.41) is 0. The van der Waals surface area contributed by atoms with Gasteiger partial charge in [0.2, 0.25) is 0 Å². The van der Waals surface area contributed by atoms with Gasteiger partial charge in [-0.25, -0.2) is 13.2 Å². The van der Waals surface area contributed by atoms with Crippen molar-refractivity contribution in [3.8, 4) is 0 Å². The van der Waals surface area contributed by atoms with Crippen LogP contribution in [0.25, 0.3) is 0 Å². The molecule has 0 bridgehead atoms. The van der Waals surface area contributed by atoms with E-state index in [9.17, 15) is 39.5 Å². The molecule has 0 saturated carbocycles. The van der Waals surface area contributed by atoms with E-state index >= 15 is 0 Å². The van der Waals surface area contributed by atoms with Crippen LogP contribution in [0, 0.1) is 0 Å². The molecule has 0 rings (SSSR count). The van der Waals surface area contributed by atoms with Gasteiger partial charge in [0.15, 0.2) is 6.17 Å². The first-order valence-electron chi connectivity index (χ1n) is 5.66. The second-order valence-corrected chi connectivity index (χ2v) is 10.3. The van der Waals surface area contributed by atoms with Gasteiger partial charge in [-0.3, -0.25) is 0 Å². The molecule has 122 valence electrons. The molecule has 0 radical (unpaired) electrons. The SMILES string of the molecule is CC[Si](C)(C)C(F)(F)C(F)(F)C(F)(F)C(F)(F)C(C)F. The molecule has 0 aromatic heterocycles. The van der Waals surface area contributed by atoms with Crippen LogP contribution in [0.1, 0.15) is 13.8 Å². The lowest BCUT2D eigenvalue weighted by atomic mass is 10.0. The van der Waals surface area contributed by atoms with Crippen LogP contribution in [0.2, 0.25) is 19.1 Å².